The van der Waals surface area contributed by atoms with Gasteiger partial charge in [-0.15, -0.1) is 0 Å². The molecule has 0 aliphatic heterocycles. The Balaban J connectivity index is 2.86. The summed E-state index contributed by atoms with van der Waals surface area (Å²) < 4.78 is 62.5. The van der Waals surface area contributed by atoms with Crippen molar-refractivity contribution in [3.05, 3.63) is 29.8 Å². The number of hydrogen-bond acceptors (Lipinski definition) is 3. The summed E-state index contributed by atoms with van der Waals surface area (Å²) >= 11 is 0. The fourth-order valence-electron chi connectivity index (χ4n) is 1.23. The van der Waals surface area contributed by atoms with Crippen molar-refractivity contribution in [2.75, 3.05) is 6.54 Å². The van der Waals surface area contributed by atoms with Crippen LogP contribution in [-0.2, 0) is 21.0 Å². The number of sulfonamides is 1. The number of halogens is 3. The highest BCUT2D eigenvalue weighted by Crippen LogP contribution is 2.29. The van der Waals surface area contributed by atoms with Gasteiger partial charge in [-0.3, -0.25) is 4.79 Å². The van der Waals surface area contributed by atoms with Crippen molar-refractivity contribution in [3.8, 4) is 0 Å². The van der Waals surface area contributed by atoms with E-state index < -0.39 is 33.7 Å². The standard InChI is InChI=1S/C11H12F3NO4S/c1-7(10(16)17)6-15-20(18,19)9-4-2-8(3-5-9)11(12,13)14/h2-5,7,15H,6H2,1H3,(H,16,17). The van der Waals surface area contributed by atoms with Gasteiger partial charge in [0.2, 0.25) is 10.0 Å². The summed E-state index contributed by atoms with van der Waals surface area (Å²) in [5.74, 6) is -2.13. The zero-order valence-electron chi connectivity index (χ0n) is 10.3. The van der Waals surface area contributed by atoms with Crippen molar-refractivity contribution in [2.24, 2.45) is 5.92 Å². The van der Waals surface area contributed by atoms with E-state index in [4.69, 9.17) is 5.11 Å². The molecule has 1 rings (SSSR count). The molecule has 0 saturated heterocycles. The predicted molar refractivity (Wildman–Crippen MR) is 63.4 cm³/mol. The number of hydrogen-bond donors (Lipinski definition) is 2. The normalized spacial score (nSPS) is 14.0. The Morgan fingerprint density at radius 3 is 2.20 bits per heavy atom. The van der Waals surface area contributed by atoms with Crippen molar-refractivity contribution in [1.82, 2.24) is 4.72 Å². The SMILES string of the molecule is CC(CNS(=O)(=O)c1ccc(C(F)(F)F)cc1)C(=O)O. The number of benzene rings is 1. The average Bonchev–Trinajstić information content (AvgIpc) is 2.35. The molecule has 1 aromatic rings. The zero-order chi connectivity index (χ0) is 15.6. The molecule has 1 unspecified atom stereocenters. The molecule has 0 bridgehead atoms. The molecule has 112 valence electrons. The second-order valence-electron chi connectivity index (χ2n) is 4.11. The third kappa shape index (κ3) is 4.20. The number of carboxylic acid groups (broad SMARTS) is 1. The molecular formula is C11H12F3NO4S. The van der Waals surface area contributed by atoms with Gasteiger partial charge >= 0.3 is 12.1 Å². The zero-order valence-corrected chi connectivity index (χ0v) is 11.1. The molecule has 9 heteroatoms. The minimum Gasteiger partial charge on any atom is -0.481 e. The lowest BCUT2D eigenvalue weighted by Gasteiger charge is -2.10. The number of carbonyl (C=O) groups is 1. The first kappa shape index (κ1) is 16.4. The van der Waals surface area contributed by atoms with E-state index in [1.807, 2.05) is 4.72 Å². The van der Waals surface area contributed by atoms with E-state index in [-0.39, 0.29) is 11.4 Å². The Bertz CT molecular complexity index is 581. The van der Waals surface area contributed by atoms with Gasteiger partial charge in [0.15, 0.2) is 0 Å². The molecule has 2 N–H and O–H groups in total. The molecule has 0 saturated carbocycles. The summed E-state index contributed by atoms with van der Waals surface area (Å²) in [7, 11) is -4.03. The van der Waals surface area contributed by atoms with E-state index in [2.05, 4.69) is 0 Å². The second kappa shape index (κ2) is 5.80. The van der Waals surface area contributed by atoms with Gasteiger partial charge in [-0.05, 0) is 24.3 Å². The van der Waals surface area contributed by atoms with Gasteiger partial charge in [-0.25, -0.2) is 13.1 Å². The maximum absolute atomic E-state index is 12.3. The van der Waals surface area contributed by atoms with E-state index in [1.54, 1.807) is 0 Å². The summed E-state index contributed by atoms with van der Waals surface area (Å²) in [5, 5.41) is 8.62. The van der Waals surface area contributed by atoms with Crippen LogP contribution in [0.2, 0.25) is 0 Å². The van der Waals surface area contributed by atoms with E-state index in [1.165, 1.54) is 6.92 Å². The van der Waals surface area contributed by atoms with Gasteiger partial charge in [0.1, 0.15) is 0 Å². The van der Waals surface area contributed by atoms with Crippen LogP contribution in [0.4, 0.5) is 13.2 Å². The van der Waals surface area contributed by atoms with Crippen LogP contribution in [0, 0.1) is 5.92 Å². The minimum absolute atomic E-state index is 0.349. The van der Waals surface area contributed by atoms with Crippen LogP contribution in [0.1, 0.15) is 12.5 Å². The number of rotatable bonds is 5. The Hall–Kier alpha value is -1.61. The topological polar surface area (TPSA) is 83.5 Å². The largest absolute Gasteiger partial charge is 0.481 e. The molecule has 0 aliphatic carbocycles. The van der Waals surface area contributed by atoms with E-state index in [0.29, 0.717) is 12.1 Å². The van der Waals surface area contributed by atoms with Crippen LogP contribution in [0.25, 0.3) is 0 Å². The number of alkyl halides is 3. The lowest BCUT2D eigenvalue weighted by Crippen LogP contribution is -2.31. The summed E-state index contributed by atoms with van der Waals surface area (Å²) in [6.45, 7) is 0.955. The third-order valence-electron chi connectivity index (χ3n) is 2.49. The quantitative estimate of drug-likeness (QED) is 0.867. The van der Waals surface area contributed by atoms with Gasteiger partial charge in [0.05, 0.1) is 16.4 Å². The van der Waals surface area contributed by atoms with Gasteiger partial charge < -0.3 is 5.11 Å². The Labute approximate surface area is 113 Å². The molecule has 0 aromatic heterocycles. The summed E-state index contributed by atoms with van der Waals surface area (Å²) in [6, 6.07) is 2.93. The molecular weight excluding hydrogens is 299 g/mol. The van der Waals surface area contributed by atoms with Crippen LogP contribution in [0.3, 0.4) is 0 Å². The predicted octanol–water partition coefficient (Wildman–Crippen LogP) is 1.70. The molecule has 0 fully saturated rings. The van der Waals surface area contributed by atoms with Crippen LogP contribution in [0.15, 0.2) is 29.2 Å². The fraction of sp³-hybridized carbons (Fsp3) is 0.364. The highest BCUT2D eigenvalue weighted by molar-refractivity contribution is 7.89. The molecule has 0 amide bonds. The van der Waals surface area contributed by atoms with Gasteiger partial charge in [0.25, 0.3) is 0 Å². The smallest absolute Gasteiger partial charge is 0.416 e. The summed E-state index contributed by atoms with van der Waals surface area (Å²) in [4.78, 5) is 10.2. The van der Waals surface area contributed by atoms with Crippen molar-refractivity contribution < 1.29 is 31.5 Å². The van der Waals surface area contributed by atoms with Crippen molar-refractivity contribution in [3.63, 3.8) is 0 Å². The fourth-order valence-corrected chi connectivity index (χ4v) is 2.36. The van der Waals surface area contributed by atoms with Gasteiger partial charge in [-0.2, -0.15) is 13.2 Å². The monoisotopic (exact) mass is 311 g/mol. The Morgan fingerprint density at radius 2 is 1.80 bits per heavy atom. The van der Waals surface area contributed by atoms with Crippen molar-refractivity contribution in [2.45, 2.75) is 18.0 Å². The van der Waals surface area contributed by atoms with Gasteiger partial charge in [-0.1, -0.05) is 6.92 Å². The van der Waals surface area contributed by atoms with E-state index in [9.17, 15) is 26.4 Å². The van der Waals surface area contributed by atoms with E-state index in [0.717, 1.165) is 12.1 Å². The van der Waals surface area contributed by atoms with Gasteiger partial charge in [0, 0.05) is 6.54 Å². The summed E-state index contributed by atoms with van der Waals surface area (Å²) in [5.41, 5.74) is -0.963. The lowest BCUT2D eigenvalue weighted by molar-refractivity contribution is -0.141. The van der Waals surface area contributed by atoms with Crippen LogP contribution in [0.5, 0.6) is 0 Å². The first-order valence-electron chi connectivity index (χ1n) is 5.44. The van der Waals surface area contributed by atoms with E-state index >= 15 is 0 Å². The Kier molecular flexibility index (Phi) is 4.77. The van der Waals surface area contributed by atoms with Crippen molar-refractivity contribution in [1.29, 1.82) is 0 Å². The van der Waals surface area contributed by atoms with Crippen LogP contribution < -0.4 is 4.72 Å². The summed E-state index contributed by atoms with van der Waals surface area (Å²) in [6.07, 6.45) is -4.55. The molecule has 20 heavy (non-hydrogen) atoms. The molecule has 0 radical (unpaired) electrons. The highest BCUT2D eigenvalue weighted by atomic mass is 32.2. The number of aliphatic carboxylic acids is 1. The molecule has 0 aliphatic rings. The Morgan fingerprint density at radius 1 is 1.30 bits per heavy atom. The molecule has 0 spiro atoms. The highest BCUT2D eigenvalue weighted by Gasteiger charge is 2.30. The maximum Gasteiger partial charge on any atom is 0.416 e. The maximum atomic E-state index is 12.3. The average molecular weight is 311 g/mol. The minimum atomic E-state index is -4.55. The lowest BCUT2D eigenvalue weighted by atomic mass is 10.2. The van der Waals surface area contributed by atoms with Crippen LogP contribution >= 0.6 is 0 Å². The molecule has 1 atom stereocenters. The first-order valence-corrected chi connectivity index (χ1v) is 6.92. The molecule has 1 aromatic carbocycles. The third-order valence-corrected chi connectivity index (χ3v) is 3.93. The van der Waals surface area contributed by atoms with Crippen molar-refractivity contribution >= 4 is 16.0 Å². The molecule has 0 heterocycles. The molecule has 5 nitrogen and oxygen atoms in total. The van der Waals surface area contributed by atoms with Crippen LogP contribution in [-0.4, -0.2) is 26.0 Å². The second-order valence-corrected chi connectivity index (χ2v) is 5.88. The number of carboxylic acids is 1. The first-order chi connectivity index (χ1) is 9.04. The number of nitrogens with one attached hydrogen (secondary N) is 1.